The highest BCUT2D eigenvalue weighted by molar-refractivity contribution is 5.84. The number of imidazole rings is 1. The van der Waals surface area contributed by atoms with Gasteiger partial charge in [0.05, 0.1) is 17.9 Å². The van der Waals surface area contributed by atoms with Gasteiger partial charge >= 0.3 is 0 Å². The molecule has 0 bridgehead atoms. The molecular weight excluding hydrogens is 262 g/mol. The molecule has 0 saturated heterocycles. The summed E-state index contributed by atoms with van der Waals surface area (Å²) in [7, 11) is 0. The molecule has 1 heterocycles. The predicted molar refractivity (Wildman–Crippen MR) is 82.2 cm³/mol. The average Bonchev–Trinajstić information content (AvgIpc) is 3.05. The SMILES string of the molecule is Cc1ncn(CCNC(=O)C2CCc3ccccc32)c1C. The molecule has 0 radical (unpaired) electrons. The molecule has 1 N–H and O–H groups in total. The van der Waals surface area contributed by atoms with E-state index in [0.717, 1.165) is 30.8 Å². The molecule has 21 heavy (non-hydrogen) atoms. The lowest BCUT2D eigenvalue weighted by Crippen LogP contribution is -2.31. The van der Waals surface area contributed by atoms with Crippen molar-refractivity contribution in [2.45, 2.75) is 39.2 Å². The number of aryl methyl sites for hydroxylation is 2. The summed E-state index contributed by atoms with van der Waals surface area (Å²) in [5, 5.41) is 3.06. The van der Waals surface area contributed by atoms with Crippen molar-refractivity contribution in [2.75, 3.05) is 6.54 Å². The molecule has 1 amide bonds. The Morgan fingerprint density at radius 1 is 1.38 bits per heavy atom. The number of fused-ring (bicyclic) bond motifs is 1. The number of nitrogens with one attached hydrogen (secondary N) is 1. The molecule has 0 fully saturated rings. The molecule has 1 aliphatic carbocycles. The number of hydrogen-bond acceptors (Lipinski definition) is 2. The first-order chi connectivity index (χ1) is 10.2. The first-order valence-electron chi connectivity index (χ1n) is 7.50. The van der Waals surface area contributed by atoms with Crippen LogP contribution in [0, 0.1) is 13.8 Å². The van der Waals surface area contributed by atoms with Gasteiger partial charge in [0.15, 0.2) is 0 Å². The van der Waals surface area contributed by atoms with Gasteiger partial charge in [-0.25, -0.2) is 4.98 Å². The van der Waals surface area contributed by atoms with Gasteiger partial charge < -0.3 is 9.88 Å². The molecule has 4 heteroatoms. The minimum absolute atomic E-state index is 0.0202. The van der Waals surface area contributed by atoms with E-state index < -0.39 is 0 Å². The average molecular weight is 283 g/mol. The third-order valence-corrected chi connectivity index (χ3v) is 4.45. The van der Waals surface area contributed by atoms with E-state index in [1.54, 1.807) is 0 Å². The zero-order valence-electron chi connectivity index (χ0n) is 12.6. The molecule has 4 nitrogen and oxygen atoms in total. The lowest BCUT2D eigenvalue weighted by atomic mass is 10.0. The van der Waals surface area contributed by atoms with Gasteiger partial charge in [0.1, 0.15) is 0 Å². The molecule has 1 aromatic carbocycles. The third-order valence-electron chi connectivity index (χ3n) is 4.45. The van der Waals surface area contributed by atoms with Crippen molar-refractivity contribution >= 4 is 5.91 Å². The molecule has 0 aliphatic heterocycles. The first kappa shape index (κ1) is 13.9. The van der Waals surface area contributed by atoms with Crippen LogP contribution in [0.1, 0.15) is 34.9 Å². The van der Waals surface area contributed by atoms with Gasteiger partial charge in [-0.3, -0.25) is 4.79 Å². The van der Waals surface area contributed by atoms with Gasteiger partial charge in [-0.1, -0.05) is 24.3 Å². The maximum absolute atomic E-state index is 12.4. The summed E-state index contributed by atoms with van der Waals surface area (Å²) in [6.45, 7) is 5.47. The molecule has 0 saturated carbocycles. The number of carbonyl (C=O) groups excluding carboxylic acids is 1. The second-order valence-electron chi connectivity index (χ2n) is 5.69. The highest BCUT2D eigenvalue weighted by atomic mass is 16.1. The number of amides is 1. The summed E-state index contributed by atoms with van der Waals surface area (Å²) in [4.78, 5) is 16.6. The van der Waals surface area contributed by atoms with Crippen LogP contribution in [0.25, 0.3) is 0 Å². The van der Waals surface area contributed by atoms with E-state index in [0.29, 0.717) is 6.54 Å². The number of rotatable bonds is 4. The van der Waals surface area contributed by atoms with Gasteiger partial charge in [-0.15, -0.1) is 0 Å². The van der Waals surface area contributed by atoms with E-state index in [-0.39, 0.29) is 11.8 Å². The van der Waals surface area contributed by atoms with E-state index in [1.165, 1.54) is 11.1 Å². The van der Waals surface area contributed by atoms with Gasteiger partial charge in [0.2, 0.25) is 5.91 Å². The van der Waals surface area contributed by atoms with E-state index in [4.69, 9.17) is 0 Å². The van der Waals surface area contributed by atoms with Gasteiger partial charge in [0.25, 0.3) is 0 Å². The Labute approximate surface area is 125 Å². The van der Waals surface area contributed by atoms with Crippen LogP contribution in [0.5, 0.6) is 0 Å². The lowest BCUT2D eigenvalue weighted by Gasteiger charge is -2.13. The molecule has 1 atom stereocenters. The minimum Gasteiger partial charge on any atom is -0.354 e. The molecule has 3 rings (SSSR count). The Hall–Kier alpha value is -2.10. The van der Waals surface area contributed by atoms with Crippen molar-refractivity contribution in [1.82, 2.24) is 14.9 Å². The van der Waals surface area contributed by atoms with E-state index in [9.17, 15) is 4.79 Å². The molecule has 1 aromatic heterocycles. The van der Waals surface area contributed by atoms with Gasteiger partial charge in [-0.2, -0.15) is 0 Å². The van der Waals surface area contributed by atoms with Crippen LogP contribution in [0.2, 0.25) is 0 Å². The van der Waals surface area contributed by atoms with Crippen LogP contribution in [-0.2, 0) is 17.8 Å². The number of carbonyl (C=O) groups is 1. The highest BCUT2D eigenvalue weighted by Crippen LogP contribution is 2.32. The van der Waals surface area contributed by atoms with Crippen LogP contribution in [-0.4, -0.2) is 22.0 Å². The fraction of sp³-hybridized carbons (Fsp3) is 0.412. The third kappa shape index (κ3) is 2.71. The standard InChI is InChI=1S/C17H21N3O/c1-12-13(2)20(11-19-12)10-9-18-17(21)16-8-7-14-5-3-4-6-15(14)16/h3-6,11,16H,7-10H2,1-2H3,(H,18,21). The fourth-order valence-electron chi connectivity index (χ4n) is 3.02. The second kappa shape index (κ2) is 5.72. The molecule has 1 unspecified atom stereocenters. The summed E-state index contributed by atoms with van der Waals surface area (Å²) in [6.07, 6.45) is 3.77. The van der Waals surface area contributed by atoms with Crippen LogP contribution in [0.4, 0.5) is 0 Å². The maximum Gasteiger partial charge on any atom is 0.227 e. The summed E-state index contributed by atoms with van der Waals surface area (Å²) < 4.78 is 2.08. The lowest BCUT2D eigenvalue weighted by molar-refractivity contribution is -0.122. The Kier molecular flexibility index (Phi) is 3.78. The Balaban J connectivity index is 1.57. The van der Waals surface area contributed by atoms with Crippen molar-refractivity contribution in [3.8, 4) is 0 Å². The maximum atomic E-state index is 12.4. The van der Waals surface area contributed by atoms with E-state index in [2.05, 4.69) is 33.9 Å². The van der Waals surface area contributed by atoms with Crippen molar-refractivity contribution in [3.63, 3.8) is 0 Å². The van der Waals surface area contributed by atoms with Crippen molar-refractivity contribution < 1.29 is 4.79 Å². The molecule has 1 aliphatic rings. The van der Waals surface area contributed by atoms with Gasteiger partial charge in [0, 0.05) is 18.8 Å². The summed E-state index contributed by atoms with van der Waals surface area (Å²) in [6, 6.07) is 8.27. The Morgan fingerprint density at radius 2 is 2.19 bits per heavy atom. The normalized spacial score (nSPS) is 16.8. The Bertz CT molecular complexity index is 660. The first-order valence-corrected chi connectivity index (χ1v) is 7.50. The van der Waals surface area contributed by atoms with Crippen molar-refractivity contribution in [3.05, 3.63) is 53.1 Å². The van der Waals surface area contributed by atoms with E-state index >= 15 is 0 Å². The summed E-state index contributed by atoms with van der Waals surface area (Å²) >= 11 is 0. The predicted octanol–water partition coefficient (Wildman–Crippen LogP) is 2.35. The van der Waals surface area contributed by atoms with Crippen LogP contribution < -0.4 is 5.32 Å². The zero-order chi connectivity index (χ0) is 14.8. The van der Waals surface area contributed by atoms with Crippen LogP contribution >= 0.6 is 0 Å². The molecule has 0 spiro atoms. The number of hydrogen-bond donors (Lipinski definition) is 1. The molecule has 2 aromatic rings. The van der Waals surface area contributed by atoms with Crippen LogP contribution in [0.15, 0.2) is 30.6 Å². The number of benzene rings is 1. The second-order valence-corrected chi connectivity index (χ2v) is 5.69. The van der Waals surface area contributed by atoms with Crippen molar-refractivity contribution in [1.29, 1.82) is 0 Å². The van der Waals surface area contributed by atoms with E-state index in [1.807, 2.05) is 25.4 Å². The van der Waals surface area contributed by atoms with Crippen LogP contribution in [0.3, 0.4) is 0 Å². The smallest absolute Gasteiger partial charge is 0.227 e. The monoisotopic (exact) mass is 283 g/mol. The fourth-order valence-corrected chi connectivity index (χ4v) is 3.02. The summed E-state index contributed by atoms with van der Waals surface area (Å²) in [5.74, 6) is 0.168. The molecular formula is C17H21N3O. The largest absolute Gasteiger partial charge is 0.354 e. The minimum atomic E-state index is 0.0202. The number of aromatic nitrogens is 2. The topological polar surface area (TPSA) is 46.9 Å². The Morgan fingerprint density at radius 3 is 2.95 bits per heavy atom. The summed E-state index contributed by atoms with van der Waals surface area (Å²) in [5.41, 5.74) is 4.73. The number of nitrogens with zero attached hydrogens (tertiary/aromatic N) is 2. The zero-order valence-corrected chi connectivity index (χ0v) is 12.6. The van der Waals surface area contributed by atoms with Gasteiger partial charge in [-0.05, 0) is 37.8 Å². The highest BCUT2D eigenvalue weighted by Gasteiger charge is 2.27. The van der Waals surface area contributed by atoms with Crippen molar-refractivity contribution in [2.24, 2.45) is 0 Å². The quantitative estimate of drug-likeness (QED) is 0.936. The molecule has 110 valence electrons.